The summed E-state index contributed by atoms with van der Waals surface area (Å²) in [7, 11) is 0. The highest BCUT2D eigenvalue weighted by Gasteiger charge is 2.22. The summed E-state index contributed by atoms with van der Waals surface area (Å²) in [6.45, 7) is 0. The average molecular weight is 655 g/mol. The third kappa shape index (κ3) is 4.16. The van der Waals surface area contributed by atoms with Crippen LogP contribution in [0.2, 0.25) is 0 Å². The van der Waals surface area contributed by atoms with Gasteiger partial charge in [-0.1, -0.05) is 164 Å². The third-order valence-corrected chi connectivity index (χ3v) is 10.3. The summed E-state index contributed by atoms with van der Waals surface area (Å²) in [5, 5.41) is 7.71. The van der Waals surface area contributed by atoms with Crippen LogP contribution in [0.1, 0.15) is 11.0 Å². The second-order valence-electron chi connectivity index (χ2n) is 13.0. The molecule has 1 nitrogen and oxygen atoms in total. The molecular formula is C50H30O. The lowest BCUT2D eigenvalue weighted by molar-refractivity contribution is 0.669. The zero-order valence-corrected chi connectivity index (χ0v) is 27.1. The normalized spacial score (nSPS) is 14.1. The molecule has 0 spiro atoms. The molecule has 1 aromatic heterocycles. The van der Waals surface area contributed by atoms with Crippen molar-refractivity contribution < 1.29 is 15.4 Å². The summed E-state index contributed by atoms with van der Waals surface area (Å²) in [5.74, 6) is 0. The van der Waals surface area contributed by atoms with Gasteiger partial charge >= 0.3 is 0 Å². The van der Waals surface area contributed by atoms with E-state index >= 15 is 0 Å². The molecule has 0 radical (unpaired) electrons. The number of benzene rings is 10. The van der Waals surface area contributed by atoms with Crippen LogP contribution in [-0.4, -0.2) is 0 Å². The Bertz CT molecular complexity index is 3570. The van der Waals surface area contributed by atoms with Crippen molar-refractivity contribution in [1.82, 2.24) is 0 Å². The maximum Gasteiger partial charge on any atom is 0.136 e. The molecule has 1 heterocycles. The van der Waals surface area contributed by atoms with Crippen molar-refractivity contribution in [1.29, 1.82) is 0 Å². The zero-order valence-electron chi connectivity index (χ0n) is 35.1. The predicted octanol–water partition coefficient (Wildman–Crippen LogP) is 14.4. The number of rotatable bonds is 3. The predicted molar refractivity (Wildman–Crippen MR) is 218 cm³/mol. The lowest BCUT2D eigenvalue weighted by Gasteiger charge is -2.20. The van der Waals surface area contributed by atoms with Gasteiger partial charge in [-0.25, -0.2) is 0 Å². The van der Waals surface area contributed by atoms with Crippen molar-refractivity contribution in [2.45, 2.75) is 0 Å². The molecule has 1 heteroatoms. The minimum atomic E-state index is -0.443. The molecule has 0 saturated carbocycles. The van der Waals surface area contributed by atoms with Gasteiger partial charge in [0.25, 0.3) is 0 Å². The number of furan rings is 1. The lowest BCUT2D eigenvalue weighted by atomic mass is 9.83. The first-order valence-electron chi connectivity index (χ1n) is 20.9. The van der Waals surface area contributed by atoms with Gasteiger partial charge in [0, 0.05) is 10.8 Å². The van der Waals surface area contributed by atoms with E-state index in [-0.39, 0.29) is 51.3 Å². The van der Waals surface area contributed by atoms with Crippen LogP contribution in [0.4, 0.5) is 0 Å². The number of hydrogen-bond donors (Lipinski definition) is 0. The van der Waals surface area contributed by atoms with E-state index in [0.29, 0.717) is 27.9 Å². The molecule has 51 heavy (non-hydrogen) atoms. The van der Waals surface area contributed by atoms with Crippen molar-refractivity contribution in [3.63, 3.8) is 0 Å². The Morgan fingerprint density at radius 1 is 0.353 bits per heavy atom. The maximum absolute atomic E-state index is 9.60. The molecule has 11 rings (SSSR count). The van der Waals surface area contributed by atoms with Crippen LogP contribution in [-0.2, 0) is 0 Å². The molecule has 236 valence electrons. The summed E-state index contributed by atoms with van der Waals surface area (Å²) in [6, 6.07) is 40.6. The van der Waals surface area contributed by atoms with Gasteiger partial charge in [0.15, 0.2) is 0 Å². The van der Waals surface area contributed by atoms with Crippen LogP contribution in [0, 0.1) is 0 Å². The molecule has 0 atom stereocenters. The van der Waals surface area contributed by atoms with Crippen LogP contribution in [0.25, 0.3) is 109 Å². The van der Waals surface area contributed by atoms with Gasteiger partial charge in [0.1, 0.15) is 11.2 Å². The highest BCUT2D eigenvalue weighted by atomic mass is 16.3. The van der Waals surface area contributed by atoms with Crippen molar-refractivity contribution in [3.05, 3.63) is 182 Å². The van der Waals surface area contributed by atoms with Crippen molar-refractivity contribution in [2.24, 2.45) is 0 Å². The molecule has 0 N–H and O–H groups in total. The molecule has 0 unspecified atom stereocenters. The van der Waals surface area contributed by atoms with E-state index in [1.807, 2.05) is 115 Å². The Morgan fingerprint density at radius 3 is 1.71 bits per heavy atom. The number of hydrogen-bond acceptors (Lipinski definition) is 1. The molecule has 0 fully saturated rings. The first kappa shape index (κ1) is 21.4. The molecular weight excluding hydrogens is 617 g/mol. The van der Waals surface area contributed by atoms with Gasteiger partial charge < -0.3 is 4.42 Å². The Balaban J connectivity index is 1.36. The van der Waals surface area contributed by atoms with E-state index in [9.17, 15) is 5.48 Å². The van der Waals surface area contributed by atoms with E-state index in [4.69, 9.17) is 9.90 Å². The largest absolute Gasteiger partial charge is 0.456 e. The summed E-state index contributed by atoms with van der Waals surface area (Å²) in [5.41, 5.74) is 5.01. The molecule has 10 aromatic carbocycles. The summed E-state index contributed by atoms with van der Waals surface area (Å²) >= 11 is 0. The van der Waals surface area contributed by atoms with Crippen molar-refractivity contribution in [2.75, 3.05) is 0 Å². The Labute approximate surface area is 305 Å². The van der Waals surface area contributed by atoms with Crippen molar-refractivity contribution >= 4 is 75.8 Å². The first-order chi connectivity index (χ1) is 28.6. The lowest BCUT2D eigenvalue weighted by Crippen LogP contribution is -1.92. The highest BCUT2D eigenvalue weighted by Crippen LogP contribution is 2.49. The van der Waals surface area contributed by atoms with E-state index in [2.05, 4.69) is 18.2 Å². The minimum absolute atomic E-state index is 0.160. The fourth-order valence-corrected chi connectivity index (χ4v) is 8.08. The van der Waals surface area contributed by atoms with E-state index < -0.39 is 24.2 Å². The second-order valence-corrected chi connectivity index (χ2v) is 13.0. The standard InChI is InChI=1S/C50H30O/c1-2-13-31(14-3-1)33-26-28-46-45(29-33)50-39-18-7-6-17-36(39)44(30-47(50)51-46)49-42-21-10-8-19-40(42)48(41-20-9-11-22-43(41)49)38-24-12-23-35-34-16-5-4-15-32(34)25-27-37(35)38/h1-30H/i8D,9D,10D,11D,19D,20D,21D,22D. The van der Waals surface area contributed by atoms with Gasteiger partial charge in [0.05, 0.1) is 11.0 Å². The molecule has 0 aliphatic heterocycles. The van der Waals surface area contributed by atoms with Crippen LogP contribution >= 0.6 is 0 Å². The SMILES string of the molecule is [2H]c1c([2H])c([2H])c2c(-c3cc4oc5ccc(-c6ccccc6)cc5c4c4ccccc34)c3c([2H])c([2H])c([2H])c([2H])c3c(-c3cccc4c3ccc3ccccc34)c2c1[2H]. The Hall–Kier alpha value is -6.70. The molecule has 0 saturated heterocycles. The van der Waals surface area contributed by atoms with E-state index in [1.54, 1.807) is 0 Å². The minimum Gasteiger partial charge on any atom is -0.456 e. The van der Waals surface area contributed by atoms with E-state index in [0.717, 1.165) is 54.2 Å². The zero-order chi connectivity index (χ0) is 40.4. The van der Waals surface area contributed by atoms with E-state index in [1.165, 1.54) is 0 Å². The molecule has 11 aromatic rings. The maximum atomic E-state index is 9.60. The van der Waals surface area contributed by atoms with Gasteiger partial charge in [0.2, 0.25) is 0 Å². The molecule has 0 aliphatic carbocycles. The van der Waals surface area contributed by atoms with Gasteiger partial charge in [-0.05, 0) is 105 Å². The molecule has 0 bridgehead atoms. The van der Waals surface area contributed by atoms with Crippen LogP contribution in [0.5, 0.6) is 0 Å². The van der Waals surface area contributed by atoms with Crippen LogP contribution in [0.3, 0.4) is 0 Å². The number of fused-ring (bicyclic) bond motifs is 10. The van der Waals surface area contributed by atoms with Gasteiger partial charge in [-0.2, -0.15) is 0 Å². The highest BCUT2D eigenvalue weighted by molar-refractivity contribution is 6.29. The summed E-state index contributed by atoms with van der Waals surface area (Å²) in [6.07, 6.45) is 0. The monoisotopic (exact) mass is 654 g/mol. The summed E-state index contributed by atoms with van der Waals surface area (Å²) in [4.78, 5) is 0. The fraction of sp³-hybridized carbons (Fsp3) is 0. The fourth-order valence-electron chi connectivity index (χ4n) is 8.08. The van der Waals surface area contributed by atoms with Crippen LogP contribution in [0.15, 0.2) is 186 Å². The van der Waals surface area contributed by atoms with Crippen LogP contribution < -0.4 is 0 Å². The molecule has 0 aliphatic rings. The topological polar surface area (TPSA) is 13.1 Å². The third-order valence-electron chi connectivity index (χ3n) is 10.3. The summed E-state index contributed by atoms with van der Waals surface area (Å²) < 4.78 is 80.9. The molecule has 0 amide bonds. The van der Waals surface area contributed by atoms with Gasteiger partial charge in [-0.3, -0.25) is 0 Å². The average Bonchev–Trinajstić information content (AvgIpc) is 3.65. The van der Waals surface area contributed by atoms with Crippen molar-refractivity contribution in [3.8, 4) is 33.4 Å². The van der Waals surface area contributed by atoms with Gasteiger partial charge in [-0.15, -0.1) is 0 Å². The first-order valence-corrected chi connectivity index (χ1v) is 16.9. The second kappa shape index (κ2) is 10.9. The quantitative estimate of drug-likeness (QED) is 0.136. The Kier molecular flexibility index (Phi) is 4.57. The Morgan fingerprint density at radius 2 is 0.961 bits per heavy atom. The smallest absolute Gasteiger partial charge is 0.136 e.